The average Bonchev–Trinajstić information content (AvgIpc) is 2.57. The van der Waals surface area contributed by atoms with Gasteiger partial charge in [-0.1, -0.05) is 50.8 Å². The molecule has 0 radical (unpaired) electrons. The Hall–Kier alpha value is -1.88. The molecule has 0 bridgehead atoms. The number of hydrogen-bond acceptors (Lipinski definition) is 3. The van der Waals surface area contributed by atoms with Gasteiger partial charge in [0.25, 0.3) is 0 Å². The molecular weight excluding hydrogens is 304 g/mol. The molecule has 134 valence electrons. The van der Waals surface area contributed by atoms with E-state index in [-0.39, 0.29) is 25.0 Å². The molecule has 0 aliphatic carbocycles. The summed E-state index contributed by atoms with van der Waals surface area (Å²) in [5.41, 5.74) is 1.85. The third-order valence-electron chi connectivity index (χ3n) is 3.93. The van der Waals surface area contributed by atoms with Gasteiger partial charge in [-0.15, -0.1) is 0 Å². The number of nitrogens with one attached hydrogen (secondary N) is 2. The Morgan fingerprint density at radius 2 is 1.75 bits per heavy atom. The Morgan fingerprint density at radius 3 is 2.38 bits per heavy atom. The first-order valence-corrected chi connectivity index (χ1v) is 8.76. The fourth-order valence-corrected chi connectivity index (χ4v) is 2.32. The van der Waals surface area contributed by atoms with Crippen LogP contribution in [0.3, 0.4) is 0 Å². The van der Waals surface area contributed by atoms with Crippen molar-refractivity contribution in [3.05, 3.63) is 29.8 Å². The second-order valence-electron chi connectivity index (χ2n) is 6.13. The van der Waals surface area contributed by atoms with Gasteiger partial charge >= 0.3 is 0 Å². The van der Waals surface area contributed by atoms with E-state index in [2.05, 4.69) is 24.5 Å². The van der Waals surface area contributed by atoms with Gasteiger partial charge in [0.15, 0.2) is 0 Å². The van der Waals surface area contributed by atoms with Crippen LogP contribution >= 0.6 is 0 Å². The van der Waals surface area contributed by atoms with Crippen LogP contribution in [0.5, 0.6) is 0 Å². The number of amides is 2. The molecule has 0 fully saturated rings. The van der Waals surface area contributed by atoms with Crippen molar-refractivity contribution in [2.45, 2.75) is 46.5 Å². The lowest BCUT2D eigenvalue weighted by Gasteiger charge is -2.15. The molecule has 0 saturated carbocycles. The van der Waals surface area contributed by atoms with Crippen molar-refractivity contribution in [2.24, 2.45) is 5.92 Å². The van der Waals surface area contributed by atoms with Crippen LogP contribution in [0.25, 0.3) is 0 Å². The third kappa shape index (κ3) is 8.67. The van der Waals surface area contributed by atoms with Crippen LogP contribution < -0.4 is 10.6 Å². The molecule has 5 heteroatoms. The number of unbranched alkanes of at least 4 members (excludes halogenated alkanes) is 1. The Balaban J connectivity index is 2.17. The van der Waals surface area contributed by atoms with Crippen LogP contribution in [0, 0.1) is 12.8 Å². The Kier molecular flexibility index (Phi) is 9.77. The molecule has 1 aromatic carbocycles. The predicted molar refractivity (Wildman–Crippen MR) is 96.9 cm³/mol. The van der Waals surface area contributed by atoms with Crippen molar-refractivity contribution >= 4 is 17.5 Å². The molecule has 0 unspecified atom stereocenters. The number of benzene rings is 1. The standard InChI is InChI=1S/C19H30N2O3/c1-4-6-7-16(5-2)12-20-18(22)13-24-14-19(23)21-17-10-8-15(3)9-11-17/h8-11,16H,4-7,12-14H2,1-3H3,(H,20,22)(H,21,23)/t16-/m1/s1. The number of carbonyl (C=O) groups excluding carboxylic acids is 2. The summed E-state index contributed by atoms with van der Waals surface area (Å²) in [7, 11) is 0. The van der Waals surface area contributed by atoms with Gasteiger partial charge in [0.05, 0.1) is 0 Å². The number of rotatable bonds is 11. The number of hydrogen-bond donors (Lipinski definition) is 2. The fraction of sp³-hybridized carbons (Fsp3) is 0.579. The molecule has 0 aliphatic heterocycles. The van der Waals surface area contributed by atoms with Crippen molar-refractivity contribution in [1.82, 2.24) is 5.32 Å². The summed E-state index contributed by atoms with van der Waals surface area (Å²) >= 11 is 0. The molecule has 2 N–H and O–H groups in total. The molecule has 1 aromatic rings. The molecule has 0 aliphatic rings. The van der Waals surface area contributed by atoms with Crippen LogP contribution in [0.4, 0.5) is 5.69 Å². The van der Waals surface area contributed by atoms with Crippen LogP contribution in [0.2, 0.25) is 0 Å². The number of aryl methyl sites for hydroxylation is 1. The zero-order valence-electron chi connectivity index (χ0n) is 15.1. The summed E-state index contributed by atoms with van der Waals surface area (Å²) in [4.78, 5) is 23.5. The highest BCUT2D eigenvalue weighted by molar-refractivity contribution is 5.91. The fourth-order valence-electron chi connectivity index (χ4n) is 2.32. The number of ether oxygens (including phenoxy) is 1. The highest BCUT2D eigenvalue weighted by Crippen LogP contribution is 2.11. The molecule has 0 saturated heterocycles. The zero-order chi connectivity index (χ0) is 17.8. The first-order valence-electron chi connectivity index (χ1n) is 8.76. The Bertz CT molecular complexity index is 500. The van der Waals surface area contributed by atoms with Crippen molar-refractivity contribution in [3.8, 4) is 0 Å². The maximum atomic E-state index is 11.7. The lowest BCUT2D eigenvalue weighted by molar-refractivity contribution is -0.128. The largest absolute Gasteiger partial charge is 0.362 e. The van der Waals surface area contributed by atoms with Gasteiger partial charge in [-0.05, 0) is 31.4 Å². The van der Waals surface area contributed by atoms with Gasteiger partial charge < -0.3 is 15.4 Å². The van der Waals surface area contributed by atoms with Gasteiger partial charge in [-0.2, -0.15) is 0 Å². The zero-order valence-corrected chi connectivity index (χ0v) is 15.1. The molecule has 1 atom stereocenters. The first-order chi connectivity index (χ1) is 11.5. The average molecular weight is 334 g/mol. The van der Waals surface area contributed by atoms with Crippen LogP contribution in [0.15, 0.2) is 24.3 Å². The van der Waals surface area contributed by atoms with Crippen LogP contribution in [-0.4, -0.2) is 31.6 Å². The van der Waals surface area contributed by atoms with E-state index >= 15 is 0 Å². The highest BCUT2D eigenvalue weighted by atomic mass is 16.5. The van der Waals surface area contributed by atoms with E-state index < -0.39 is 0 Å². The highest BCUT2D eigenvalue weighted by Gasteiger charge is 2.09. The van der Waals surface area contributed by atoms with Crippen LogP contribution in [0.1, 0.15) is 45.1 Å². The summed E-state index contributed by atoms with van der Waals surface area (Å²) in [6.07, 6.45) is 4.54. The van der Waals surface area contributed by atoms with E-state index in [4.69, 9.17) is 4.74 Å². The molecule has 24 heavy (non-hydrogen) atoms. The van der Waals surface area contributed by atoms with E-state index in [9.17, 15) is 9.59 Å². The lowest BCUT2D eigenvalue weighted by atomic mass is 9.99. The molecule has 0 aromatic heterocycles. The second kappa shape index (κ2) is 11.6. The quantitative estimate of drug-likeness (QED) is 0.652. The van der Waals surface area contributed by atoms with Crippen molar-refractivity contribution in [3.63, 3.8) is 0 Å². The van der Waals surface area contributed by atoms with Gasteiger partial charge in [0, 0.05) is 12.2 Å². The van der Waals surface area contributed by atoms with Gasteiger partial charge in [0.2, 0.25) is 11.8 Å². The maximum absolute atomic E-state index is 11.7. The smallest absolute Gasteiger partial charge is 0.250 e. The number of anilines is 1. The minimum absolute atomic E-state index is 0.0917. The maximum Gasteiger partial charge on any atom is 0.250 e. The predicted octanol–water partition coefficient (Wildman–Crippen LogP) is 3.28. The van der Waals surface area contributed by atoms with Gasteiger partial charge in [0.1, 0.15) is 13.2 Å². The van der Waals surface area contributed by atoms with Crippen molar-refractivity contribution in [1.29, 1.82) is 0 Å². The van der Waals surface area contributed by atoms with E-state index in [0.717, 1.165) is 24.1 Å². The molecule has 1 rings (SSSR count). The topological polar surface area (TPSA) is 67.4 Å². The second-order valence-corrected chi connectivity index (χ2v) is 6.13. The van der Waals surface area contributed by atoms with E-state index in [0.29, 0.717) is 12.5 Å². The molecule has 2 amide bonds. The molecular formula is C19H30N2O3. The monoisotopic (exact) mass is 334 g/mol. The normalized spacial score (nSPS) is 11.8. The first kappa shape index (κ1) is 20.2. The molecule has 0 spiro atoms. The number of carbonyl (C=O) groups is 2. The molecule has 5 nitrogen and oxygen atoms in total. The summed E-state index contributed by atoms with van der Waals surface area (Å²) < 4.78 is 5.18. The van der Waals surface area contributed by atoms with Gasteiger partial charge in [-0.25, -0.2) is 0 Å². The third-order valence-corrected chi connectivity index (χ3v) is 3.93. The molecule has 0 heterocycles. The van der Waals surface area contributed by atoms with Crippen molar-refractivity contribution < 1.29 is 14.3 Å². The van der Waals surface area contributed by atoms with E-state index in [1.54, 1.807) is 0 Å². The minimum Gasteiger partial charge on any atom is -0.362 e. The summed E-state index contributed by atoms with van der Waals surface area (Å²) in [6.45, 7) is 6.74. The lowest BCUT2D eigenvalue weighted by Crippen LogP contribution is -2.33. The summed E-state index contributed by atoms with van der Waals surface area (Å²) in [6, 6.07) is 7.52. The SMILES string of the molecule is CCCC[C@@H](CC)CNC(=O)COCC(=O)Nc1ccc(C)cc1. The minimum atomic E-state index is -0.263. The summed E-state index contributed by atoms with van der Waals surface area (Å²) in [5.74, 6) is 0.0767. The summed E-state index contributed by atoms with van der Waals surface area (Å²) in [5, 5.41) is 5.61. The van der Waals surface area contributed by atoms with Crippen LogP contribution in [-0.2, 0) is 14.3 Å². The Morgan fingerprint density at radius 1 is 1.08 bits per heavy atom. The van der Waals surface area contributed by atoms with E-state index in [1.807, 2.05) is 31.2 Å². The van der Waals surface area contributed by atoms with E-state index in [1.165, 1.54) is 12.8 Å². The Labute approximate surface area is 145 Å². The van der Waals surface area contributed by atoms with Crippen molar-refractivity contribution in [2.75, 3.05) is 25.1 Å². The van der Waals surface area contributed by atoms with Gasteiger partial charge in [-0.3, -0.25) is 9.59 Å².